The molecule has 0 spiro atoms. The van der Waals surface area contributed by atoms with Gasteiger partial charge in [-0.3, -0.25) is 0 Å². The fraction of sp³-hybridized carbons (Fsp3) is 0.134. The summed E-state index contributed by atoms with van der Waals surface area (Å²) in [6.45, 7) is 4.43. The molecule has 0 atom stereocenters. The van der Waals surface area contributed by atoms with E-state index in [1.165, 1.54) is 5.56 Å². The Bertz CT molecular complexity index is 3440. The molecule has 0 fully saturated rings. The number of hydrogen-bond acceptors (Lipinski definition) is 6. The fourth-order valence-corrected chi connectivity index (χ4v) is 10.3. The Labute approximate surface area is 429 Å². The van der Waals surface area contributed by atoms with Gasteiger partial charge in [-0.15, -0.1) is 0 Å². The van der Waals surface area contributed by atoms with Crippen LogP contribution >= 0.6 is 0 Å². The van der Waals surface area contributed by atoms with Crippen LogP contribution in [0.5, 0.6) is 0 Å². The Kier molecular flexibility index (Phi) is 14.9. The number of fused-ring (bicyclic) bond motifs is 3. The molecule has 0 amide bonds. The molecule has 0 N–H and O–H groups in total. The van der Waals surface area contributed by atoms with Crippen molar-refractivity contribution >= 4 is 45.3 Å². The molecular formula is C67H52N6. The Balaban J connectivity index is 1.12. The van der Waals surface area contributed by atoms with E-state index in [0.717, 1.165) is 100 Å². The average Bonchev–Trinajstić information content (AvgIpc) is 3.72. The molecule has 0 unspecified atom stereocenters. The highest BCUT2D eigenvalue weighted by molar-refractivity contribution is 6.11. The fourth-order valence-electron chi connectivity index (χ4n) is 10.3. The molecule has 0 saturated heterocycles. The lowest BCUT2D eigenvalue weighted by Crippen LogP contribution is -2.25. The molecule has 0 radical (unpaired) electrons. The number of hydrogen-bond donors (Lipinski definition) is 0. The quantitative estimate of drug-likeness (QED) is 0.0576. The van der Waals surface area contributed by atoms with Crippen molar-refractivity contribution in [2.45, 2.75) is 57.8 Å². The minimum absolute atomic E-state index is 0.182. The molecule has 6 nitrogen and oxygen atoms in total. The third-order valence-corrected chi connectivity index (χ3v) is 13.7. The average molecular weight is 941 g/mol. The first kappa shape index (κ1) is 48.4. The van der Waals surface area contributed by atoms with E-state index in [1.807, 2.05) is 103 Å². The third kappa shape index (κ3) is 9.92. The first-order valence-electron chi connectivity index (χ1n) is 24.9. The van der Waals surface area contributed by atoms with Crippen LogP contribution in [0.4, 0.5) is 34.1 Å². The number of rotatable bonds is 15. The van der Waals surface area contributed by atoms with Gasteiger partial charge in [-0.1, -0.05) is 154 Å². The van der Waals surface area contributed by atoms with Gasteiger partial charge in [0.05, 0.1) is 0 Å². The zero-order chi connectivity index (χ0) is 50.6. The van der Waals surface area contributed by atoms with Crippen molar-refractivity contribution in [2.24, 2.45) is 0 Å². The summed E-state index contributed by atoms with van der Waals surface area (Å²) >= 11 is 0. The summed E-state index contributed by atoms with van der Waals surface area (Å²) in [5.74, 6) is 6.97. The summed E-state index contributed by atoms with van der Waals surface area (Å²) in [6, 6.07) is 78.0. The summed E-state index contributed by atoms with van der Waals surface area (Å²) < 4.78 is 0. The van der Waals surface area contributed by atoms with Crippen molar-refractivity contribution in [3.63, 3.8) is 0 Å². The summed E-state index contributed by atoms with van der Waals surface area (Å²) in [6.07, 6.45) is 5.74. The van der Waals surface area contributed by atoms with Gasteiger partial charge in [0.15, 0.2) is 0 Å². The summed E-state index contributed by atoms with van der Waals surface area (Å²) in [5, 5.41) is 42.5. The van der Waals surface area contributed by atoms with Crippen LogP contribution in [0.1, 0.15) is 85.8 Å². The first-order valence-corrected chi connectivity index (χ1v) is 24.9. The van der Waals surface area contributed by atoms with E-state index in [2.05, 4.69) is 163 Å². The van der Waals surface area contributed by atoms with E-state index in [0.29, 0.717) is 11.1 Å². The van der Waals surface area contributed by atoms with Crippen molar-refractivity contribution in [3.05, 3.63) is 251 Å². The molecule has 9 rings (SSSR count). The molecule has 0 aliphatic heterocycles. The molecule has 73 heavy (non-hydrogen) atoms. The number of nitrogens with zero attached hydrogens (tertiary/aromatic N) is 6. The van der Waals surface area contributed by atoms with Gasteiger partial charge in [0.25, 0.3) is 0 Å². The monoisotopic (exact) mass is 940 g/mol. The van der Waals surface area contributed by atoms with Gasteiger partial charge in [0, 0.05) is 61.8 Å². The van der Waals surface area contributed by atoms with Crippen LogP contribution in [0.15, 0.2) is 217 Å². The summed E-state index contributed by atoms with van der Waals surface area (Å²) in [7, 11) is 0. The minimum Gasteiger partial charge on any atom is -0.311 e. The van der Waals surface area contributed by atoms with Crippen LogP contribution < -0.4 is 9.80 Å². The van der Waals surface area contributed by atoms with Crippen LogP contribution in [0.2, 0.25) is 0 Å². The number of anilines is 6. The second kappa shape index (κ2) is 22.4. The van der Waals surface area contributed by atoms with E-state index in [-0.39, 0.29) is 22.3 Å². The van der Waals surface area contributed by atoms with Crippen LogP contribution in [0.3, 0.4) is 0 Å². The van der Waals surface area contributed by atoms with E-state index >= 15 is 0 Å². The van der Waals surface area contributed by atoms with Gasteiger partial charge in [0.1, 0.15) is 35.4 Å². The largest absolute Gasteiger partial charge is 0.311 e. The van der Waals surface area contributed by atoms with Crippen LogP contribution in [-0.4, -0.2) is 0 Å². The molecular weight excluding hydrogens is 889 g/mol. The molecule has 0 bridgehead atoms. The highest BCUT2D eigenvalue weighted by atomic mass is 15.1. The van der Waals surface area contributed by atoms with Gasteiger partial charge in [-0.05, 0) is 149 Å². The summed E-state index contributed by atoms with van der Waals surface area (Å²) in [5.41, 5.74) is 13.2. The Morgan fingerprint density at radius 1 is 0.384 bits per heavy atom. The van der Waals surface area contributed by atoms with E-state index in [4.69, 9.17) is 0 Å². The minimum atomic E-state index is -0.397. The summed E-state index contributed by atoms with van der Waals surface area (Å²) in [4.78, 5) is 4.36. The van der Waals surface area contributed by atoms with E-state index in [9.17, 15) is 21.0 Å². The molecule has 0 saturated carbocycles. The Morgan fingerprint density at radius 3 is 1.15 bits per heavy atom. The van der Waals surface area contributed by atoms with Crippen LogP contribution in [-0.2, 0) is 5.41 Å². The van der Waals surface area contributed by atoms with E-state index in [1.54, 1.807) is 0 Å². The molecule has 8 aromatic carbocycles. The highest BCUT2D eigenvalue weighted by Crippen LogP contribution is 2.55. The van der Waals surface area contributed by atoms with Gasteiger partial charge in [-0.25, -0.2) is 0 Å². The Morgan fingerprint density at radius 2 is 0.726 bits per heavy atom. The second-order valence-electron chi connectivity index (χ2n) is 18.1. The smallest absolute Gasteiger partial charge is 0.138 e. The number of nitriles is 4. The topological polar surface area (TPSA) is 102 Å². The highest BCUT2D eigenvalue weighted by Gasteiger charge is 2.43. The predicted octanol–water partition coefficient (Wildman–Crippen LogP) is 17.0. The molecule has 6 heteroatoms. The third-order valence-electron chi connectivity index (χ3n) is 13.7. The molecule has 1 aliphatic rings. The second-order valence-corrected chi connectivity index (χ2v) is 18.1. The molecule has 8 aromatic rings. The van der Waals surface area contributed by atoms with Gasteiger partial charge < -0.3 is 9.80 Å². The van der Waals surface area contributed by atoms with Gasteiger partial charge in [-0.2, -0.15) is 21.0 Å². The number of unbranched alkanes of at least 4 members (excludes halogenated alkanes) is 2. The predicted molar refractivity (Wildman–Crippen MR) is 296 cm³/mol. The molecule has 350 valence electrons. The lowest BCUT2D eigenvalue weighted by Gasteiger charge is -2.33. The standard InChI is InChI=1S/C67H52N6/c1-3-5-41-67(42-6-4-2)63-43-50(28-27-49-29-35-59(36-30-49)72(55-19-11-7-12-20-55)56-21-13-8-14-22-56)31-39-61(63)62-40-34-52(44-64(62)67)66(54(47-70)48-71)65(53(45-68)46-69)51-32-37-60(38-33-51)73(57-23-15-9-16-24-57)58-25-17-10-18-26-58/h7-26,29-40,43-44H,3-6,41-42H2,1-2H3. The normalized spacial score (nSPS) is 11.4. The van der Waals surface area contributed by atoms with E-state index < -0.39 is 5.41 Å². The zero-order valence-electron chi connectivity index (χ0n) is 41.1. The molecule has 0 heterocycles. The molecule has 0 aromatic heterocycles. The maximum Gasteiger partial charge on any atom is 0.138 e. The van der Waals surface area contributed by atoms with Crippen LogP contribution in [0.25, 0.3) is 22.3 Å². The lowest BCUT2D eigenvalue weighted by molar-refractivity contribution is 0.414. The van der Waals surface area contributed by atoms with Gasteiger partial charge in [0.2, 0.25) is 0 Å². The van der Waals surface area contributed by atoms with Crippen molar-refractivity contribution < 1.29 is 0 Å². The number of allylic oxidation sites excluding steroid dienone is 4. The SMILES string of the molecule is CCCCC1(CCCC)c2cc(C#Cc3ccc(N(c4ccccc4)c4ccccc4)cc3)ccc2-c2ccc(C(=C(C#N)C#N)C(=C(C#N)C#N)c3ccc(N(c4ccccc4)c4ccccc4)cc3)cc21. The van der Waals surface area contributed by atoms with Gasteiger partial charge >= 0.3 is 0 Å². The first-order chi connectivity index (χ1) is 35.9. The zero-order valence-corrected chi connectivity index (χ0v) is 41.1. The van der Waals surface area contributed by atoms with Crippen molar-refractivity contribution in [2.75, 3.05) is 9.80 Å². The van der Waals surface area contributed by atoms with Crippen LogP contribution in [0, 0.1) is 57.2 Å². The van der Waals surface area contributed by atoms with Crippen molar-refractivity contribution in [3.8, 4) is 47.2 Å². The van der Waals surface area contributed by atoms with Crippen molar-refractivity contribution in [1.29, 1.82) is 21.0 Å². The molecule has 1 aliphatic carbocycles. The maximum atomic E-state index is 10.7. The number of benzene rings is 8. The lowest BCUT2D eigenvalue weighted by atomic mass is 9.70. The Hall–Kier alpha value is -9.64. The maximum absolute atomic E-state index is 10.7. The van der Waals surface area contributed by atoms with Crippen molar-refractivity contribution in [1.82, 2.24) is 0 Å². The number of para-hydroxylation sites is 4.